The predicted octanol–water partition coefficient (Wildman–Crippen LogP) is 1.21. The van der Waals surface area contributed by atoms with Crippen molar-refractivity contribution < 1.29 is 9.59 Å². The van der Waals surface area contributed by atoms with Gasteiger partial charge in [-0.3, -0.25) is 19.6 Å². The van der Waals surface area contributed by atoms with Crippen molar-refractivity contribution in [2.75, 3.05) is 44.6 Å². The summed E-state index contributed by atoms with van der Waals surface area (Å²) in [5, 5.41) is 2.69. The second kappa shape index (κ2) is 11.6. The molecule has 0 saturated carbocycles. The third kappa shape index (κ3) is 6.58. The molecule has 11 heteroatoms. The van der Waals surface area contributed by atoms with Crippen molar-refractivity contribution in [2.45, 2.75) is 51.7 Å². The summed E-state index contributed by atoms with van der Waals surface area (Å²) in [4.78, 5) is 47.5. The SMILES string of the molecule is CC[C@@H]1CN(Cc2ccc(-n3ccc(NC(=O)N4CCN(C(=O)C(C)(C)N)CC4)nc3=O)cc2)CC[C@@H]1N. The highest BCUT2D eigenvalue weighted by Gasteiger charge is 2.31. The van der Waals surface area contributed by atoms with Crippen LogP contribution < -0.4 is 22.5 Å². The first kappa shape index (κ1) is 27.7. The summed E-state index contributed by atoms with van der Waals surface area (Å²) in [6, 6.07) is 9.41. The first-order valence-electron chi connectivity index (χ1n) is 13.4. The molecule has 1 aromatic heterocycles. The number of hydrogen-bond acceptors (Lipinski definition) is 7. The Kier molecular flexibility index (Phi) is 8.49. The lowest BCUT2D eigenvalue weighted by atomic mass is 9.90. The number of benzene rings is 1. The highest BCUT2D eigenvalue weighted by Crippen LogP contribution is 2.21. The zero-order valence-electron chi connectivity index (χ0n) is 22.6. The largest absolute Gasteiger partial charge is 0.354 e. The van der Waals surface area contributed by atoms with Gasteiger partial charge in [-0.2, -0.15) is 4.98 Å². The molecule has 2 fully saturated rings. The Bertz CT molecular complexity index is 1180. The number of amides is 3. The van der Waals surface area contributed by atoms with Crippen molar-refractivity contribution >= 4 is 17.8 Å². The van der Waals surface area contributed by atoms with E-state index in [1.54, 1.807) is 35.9 Å². The molecule has 2 aromatic rings. The minimum absolute atomic E-state index is 0.141. The van der Waals surface area contributed by atoms with Gasteiger partial charge in [0.1, 0.15) is 5.82 Å². The quantitative estimate of drug-likeness (QED) is 0.515. The summed E-state index contributed by atoms with van der Waals surface area (Å²) in [5.41, 5.74) is 12.6. The fraction of sp³-hybridized carbons (Fsp3) is 0.556. The van der Waals surface area contributed by atoms with Crippen LogP contribution in [-0.4, -0.2) is 87.0 Å². The molecular formula is C27H40N8O3. The smallest absolute Gasteiger partial charge is 0.338 e. The predicted molar refractivity (Wildman–Crippen MR) is 147 cm³/mol. The van der Waals surface area contributed by atoms with Crippen LogP contribution in [0.25, 0.3) is 5.69 Å². The number of likely N-dealkylation sites (tertiary alicyclic amines) is 1. The molecule has 0 radical (unpaired) electrons. The Hall–Kier alpha value is -3.28. The molecule has 3 heterocycles. The van der Waals surface area contributed by atoms with Crippen molar-refractivity contribution in [1.29, 1.82) is 0 Å². The molecule has 0 aliphatic carbocycles. The van der Waals surface area contributed by atoms with E-state index in [-0.39, 0.29) is 23.8 Å². The second-order valence-corrected chi connectivity index (χ2v) is 10.9. The normalized spacial score (nSPS) is 20.9. The lowest BCUT2D eigenvalue weighted by Crippen LogP contribution is -2.58. The molecule has 38 heavy (non-hydrogen) atoms. The van der Waals surface area contributed by atoms with Crippen molar-refractivity contribution in [2.24, 2.45) is 17.4 Å². The molecule has 5 N–H and O–H groups in total. The lowest BCUT2D eigenvalue weighted by molar-refractivity contribution is -0.137. The summed E-state index contributed by atoms with van der Waals surface area (Å²) in [5.74, 6) is 0.574. The zero-order chi connectivity index (χ0) is 27.4. The van der Waals surface area contributed by atoms with Gasteiger partial charge in [-0.25, -0.2) is 9.59 Å². The van der Waals surface area contributed by atoms with Crippen LogP contribution in [0.2, 0.25) is 0 Å². The maximum atomic E-state index is 12.7. The maximum Gasteiger partial charge on any atom is 0.354 e. The van der Waals surface area contributed by atoms with Gasteiger partial charge in [0.15, 0.2) is 0 Å². The number of anilines is 1. The molecule has 0 bridgehead atoms. The number of nitrogens with zero attached hydrogens (tertiary/aromatic N) is 5. The van der Waals surface area contributed by atoms with E-state index in [0.29, 0.717) is 37.8 Å². The zero-order valence-corrected chi connectivity index (χ0v) is 22.6. The van der Waals surface area contributed by atoms with Crippen LogP contribution >= 0.6 is 0 Å². The van der Waals surface area contributed by atoms with Crippen molar-refractivity contribution in [3.63, 3.8) is 0 Å². The van der Waals surface area contributed by atoms with Crippen molar-refractivity contribution in [3.8, 4) is 5.69 Å². The van der Waals surface area contributed by atoms with Crippen LogP contribution in [0, 0.1) is 5.92 Å². The first-order chi connectivity index (χ1) is 18.0. The molecule has 11 nitrogen and oxygen atoms in total. The maximum absolute atomic E-state index is 12.7. The number of carbonyl (C=O) groups is 2. The van der Waals surface area contributed by atoms with Gasteiger partial charge >= 0.3 is 11.7 Å². The number of carbonyl (C=O) groups excluding carboxylic acids is 2. The van der Waals surface area contributed by atoms with E-state index < -0.39 is 11.2 Å². The molecule has 0 spiro atoms. The summed E-state index contributed by atoms with van der Waals surface area (Å²) in [6.45, 7) is 9.96. The van der Waals surface area contributed by atoms with E-state index in [2.05, 4.69) is 22.1 Å². The van der Waals surface area contributed by atoms with Gasteiger partial charge in [0.25, 0.3) is 0 Å². The van der Waals surface area contributed by atoms with Crippen molar-refractivity contribution in [3.05, 3.63) is 52.6 Å². The Balaban J connectivity index is 1.32. The van der Waals surface area contributed by atoms with E-state index in [4.69, 9.17) is 11.5 Å². The molecule has 2 atom stereocenters. The molecular weight excluding hydrogens is 484 g/mol. The molecule has 2 aliphatic heterocycles. The number of nitrogens with one attached hydrogen (secondary N) is 1. The standard InChI is InChI=1S/C27H40N8O3/c1-4-20-18-32(11-9-22(20)28)17-19-5-7-21(8-6-19)35-12-10-23(31-26(35)38)30-25(37)34-15-13-33(14-16-34)24(36)27(2,3)29/h5-8,10,12,20,22H,4,9,11,13-18,28-29H2,1-3H3,(H,30,31,37,38)/t20-,22+/m1/s1. The minimum Gasteiger partial charge on any atom is -0.338 e. The number of rotatable bonds is 6. The third-order valence-electron chi connectivity index (χ3n) is 7.47. The molecule has 1 aromatic carbocycles. The van der Waals surface area contributed by atoms with Crippen LogP contribution in [0.1, 0.15) is 39.2 Å². The Morgan fingerprint density at radius 1 is 1.05 bits per heavy atom. The van der Waals surface area contributed by atoms with Gasteiger partial charge < -0.3 is 21.3 Å². The topological polar surface area (TPSA) is 143 Å². The highest BCUT2D eigenvalue weighted by molar-refractivity contribution is 5.89. The van der Waals surface area contributed by atoms with Gasteiger partial charge in [0, 0.05) is 51.5 Å². The monoisotopic (exact) mass is 524 g/mol. The molecule has 206 valence electrons. The van der Waals surface area contributed by atoms with E-state index in [1.165, 1.54) is 10.1 Å². The van der Waals surface area contributed by atoms with Gasteiger partial charge in [-0.15, -0.1) is 0 Å². The van der Waals surface area contributed by atoms with Gasteiger partial charge in [-0.1, -0.05) is 25.5 Å². The van der Waals surface area contributed by atoms with Gasteiger partial charge in [-0.05, 0) is 56.5 Å². The van der Waals surface area contributed by atoms with E-state index >= 15 is 0 Å². The van der Waals surface area contributed by atoms with Crippen LogP contribution in [0.3, 0.4) is 0 Å². The Morgan fingerprint density at radius 3 is 2.32 bits per heavy atom. The molecule has 3 amide bonds. The summed E-state index contributed by atoms with van der Waals surface area (Å²) >= 11 is 0. The minimum atomic E-state index is -0.946. The molecule has 2 saturated heterocycles. The number of nitrogens with two attached hydrogens (primary N) is 2. The van der Waals surface area contributed by atoms with Crippen LogP contribution in [0.5, 0.6) is 0 Å². The fourth-order valence-electron chi connectivity index (χ4n) is 5.10. The average molecular weight is 525 g/mol. The van der Waals surface area contributed by atoms with E-state index in [9.17, 15) is 14.4 Å². The van der Waals surface area contributed by atoms with Crippen LogP contribution in [0.15, 0.2) is 41.3 Å². The lowest BCUT2D eigenvalue weighted by Gasteiger charge is -2.37. The Morgan fingerprint density at radius 2 is 1.71 bits per heavy atom. The fourth-order valence-corrected chi connectivity index (χ4v) is 5.10. The number of aromatic nitrogens is 2. The third-order valence-corrected chi connectivity index (χ3v) is 7.47. The van der Waals surface area contributed by atoms with Crippen molar-refractivity contribution in [1.82, 2.24) is 24.3 Å². The van der Waals surface area contributed by atoms with Gasteiger partial charge in [0.2, 0.25) is 5.91 Å². The summed E-state index contributed by atoms with van der Waals surface area (Å²) in [6.07, 6.45) is 3.72. The van der Waals surface area contributed by atoms with Gasteiger partial charge in [0.05, 0.1) is 11.2 Å². The van der Waals surface area contributed by atoms with E-state index in [1.807, 2.05) is 24.3 Å². The molecule has 2 aliphatic rings. The van der Waals surface area contributed by atoms with E-state index in [0.717, 1.165) is 32.5 Å². The summed E-state index contributed by atoms with van der Waals surface area (Å²) in [7, 11) is 0. The average Bonchev–Trinajstić information content (AvgIpc) is 2.89. The van der Waals surface area contributed by atoms with Crippen LogP contribution in [-0.2, 0) is 11.3 Å². The molecule has 0 unspecified atom stereocenters. The number of piperidine rings is 1. The van der Waals surface area contributed by atoms with Crippen LogP contribution in [0.4, 0.5) is 10.6 Å². The molecule has 4 rings (SSSR count). The number of piperazine rings is 1. The number of urea groups is 1. The highest BCUT2D eigenvalue weighted by atomic mass is 16.2. The second-order valence-electron chi connectivity index (χ2n) is 10.9. The number of hydrogen-bond donors (Lipinski definition) is 3. The summed E-state index contributed by atoms with van der Waals surface area (Å²) < 4.78 is 1.45. The Labute approximate surface area is 223 Å². The first-order valence-corrected chi connectivity index (χ1v) is 13.4.